The number of amides is 2. The first-order valence-electron chi connectivity index (χ1n) is 11.0. The van der Waals surface area contributed by atoms with Gasteiger partial charge in [0.2, 0.25) is 0 Å². The maximum Gasteiger partial charge on any atom is 0.326 e. The first-order valence-corrected chi connectivity index (χ1v) is 12.6. The van der Waals surface area contributed by atoms with E-state index in [0.717, 1.165) is 22.2 Å². The third kappa shape index (κ3) is 7.08. The number of thioether (sulfide) groups is 1. The molecule has 0 aliphatic carbocycles. The van der Waals surface area contributed by atoms with Crippen molar-refractivity contribution in [2.45, 2.75) is 39.9 Å². The quantitative estimate of drug-likeness (QED) is 0.260. The fourth-order valence-corrected chi connectivity index (χ4v) is 4.48. The molecule has 1 saturated heterocycles. The lowest BCUT2D eigenvalue weighted by Crippen LogP contribution is -2.35. The second kappa shape index (κ2) is 12.2. The lowest BCUT2D eigenvalue weighted by atomic mass is 10.1. The van der Waals surface area contributed by atoms with Gasteiger partial charge in [-0.2, -0.15) is 0 Å². The number of benzene rings is 2. The van der Waals surface area contributed by atoms with Gasteiger partial charge < -0.3 is 14.2 Å². The van der Waals surface area contributed by atoms with E-state index in [4.69, 9.17) is 14.2 Å². The molecular formula is C25H25BrFNO6S. The second-order valence-corrected chi connectivity index (χ2v) is 9.50. The average Bonchev–Trinajstić information content (AvgIpc) is 3.07. The summed E-state index contributed by atoms with van der Waals surface area (Å²) in [5.41, 5.74) is 1.38. The molecule has 2 amide bonds. The van der Waals surface area contributed by atoms with Gasteiger partial charge in [0.05, 0.1) is 22.1 Å². The fourth-order valence-electron chi connectivity index (χ4n) is 3.07. The summed E-state index contributed by atoms with van der Waals surface area (Å²) in [6, 6.07) is 9.40. The minimum Gasteiger partial charge on any atom is -0.490 e. The molecule has 0 N–H and O–H groups in total. The van der Waals surface area contributed by atoms with Crippen molar-refractivity contribution in [2.75, 3.05) is 13.2 Å². The van der Waals surface area contributed by atoms with E-state index in [1.165, 1.54) is 12.1 Å². The van der Waals surface area contributed by atoms with Crippen molar-refractivity contribution in [3.63, 3.8) is 0 Å². The maximum absolute atomic E-state index is 13.1. The fraction of sp³-hybridized carbons (Fsp3) is 0.320. The molecule has 35 heavy (non-hydrogen) atoms. The van der Waals surface area contributed by atoms with Gasteiger partial charge in [-0.25, -0.2) is 4.39 Å². The van der Waals surface area contributed by atoms with Crippen molar-refractivity contribution in [1.29, 1.82) is 0 Å². The first kappa shape index (κ1) is 26.7. The summed E-state index contributed by atoms with van der Waals surface area (Å²) in [6.07, 6.45) is 1.90. The number of esters is 1. The number of hydrogen-bond acceptors (Lipinski definition) is 7. The number of nitrogens with zero attached hydrogens (tertiary/aromatic N) is 1. The molecule has 3 rings (SSSR count). The Labute approximate surface area is 215 Å². The molecule has 10 heteroatoms. The number of imide groups is 1. The Balaban J connectivity index is 1.78. The van der Waals surface area contributed by atoms with Crippen LogP contribution in [0.5, 0.6) is 11.5 Å². The second-order valence-electron chi connectivity index (χ2n) is 7.65. The molecule has 2 aromatic rings. The Kier molecular flexibility index (Phi) is 9.33. The van der Waals surface area contributed by atoms with Crippen molar-refractivity contribution in [1.82, 2.24) is 4.90 Å². The molecule has 0 bridgehead atoms. The van der Waals surface area contributed by atoms with Crippen LogP contribution in [0.25, 0.3) is 6.08 Å². The highest BCUT2D eigenvalue weighted by Gasteiger charge is 2.37. The van der Waals surface area contributed by atoms with Gasteiger partial charge >= 0.3 is 5.97 Å². The van der Waals surface area contributed by atoms with Gasteiger partial charge in [-0.3, -0.25) is 19.3 Å². The molecule has 1 aliphatic rings. The summed E-state index contributed by atoms with van der Waals surface area (Å²) in [6.45, 7) is 5.58. The van der Waals surface area contributed by atoms with Crippen LogP contribution in [-0.2, 0) is 20.9 Å². The van der Waals surface area contributed by atoms with Crippen molar-refractivity contribution in [3.8, 4) is 11.5 Å². The lowest BCUT2D eigenvalue weighted by Gasteiger charge is -2.15. The van der Waals surface area contributed by atoms with Gasteiger partial charge in [-0.15, -0.1) is 0 Å². The van der Waals surface area contributed by atoms with Crippen molar-refractivity contribution in [3.05, 3.63) is 62.7 Å². The van der Waals surface area contributed by atoms with E-state index < -0.39 is 23.7 Å². The number of rotatable bonds is 10. The highest BCUT2D eigenvalue weighted by Crippen LogP contribution is 2.39. The normalized spacial score (nSPS) is 15.5. The first-order chi connectivity index (χ1) is 16.7. The van der Waals surface area contributed by atoms with E-state index in [1.807, 2.05) is 13.8 Å². The van der Waals surface area contributed by atoms with E-state index in [1.54, 1.807) is 37.3 Å². The number of carbonyl (C=O) groups excluding carboxylic acids is 3. The van der Waals surface area contributed by atoms with Crippen molar-refractivity contribution < 1.29 is 33.0 Å². The van der Waals surface area contributed by atoms with Gasteiger partial charge in [0.1, 0.15) is 19.0 Å². The highest BCUT2D eigenvalue weighted by molar-refractivity contribution is 9.10. The topological polar surface area (TPSA) is 82.1 Å². The Morgan fingerprint density at radius 3 is 2.54 bits per heavy atom. The van der Waals surface area contributed by atoms with Crippen LogP contribution in [0, 0.1) is 5.82 Å². The van der Waals surface area contributed by atoms with Crippen LogP contribution in [0.4, 0.5) is 9.18 Å². The number of hydrogen-bond donors (Lipinski definition) is 0. The SMILES string of the molecule is CCOc1cc(/C=C2\SC(=O)N(CC(=O)O[C@@H](C)CC)C2=O)cc(Br)c1OCc1ccc(F)cc1. The van der Waals surface area contributed by atoms with E-state index in [9.17, 15) is 18.8 Å². The van der Waals surface area contributed by atoms with E-state index in [0.29, 0.717) is 34.6 Å². The summed E-state index contributed by atoms with van der Waals surface area (Å²) < 4.78 is 30.5. The minimum absolute atomic E-state index is 0.181. The van der Waals surface area contributed by atoms with Gasteiger partial charge in [-0.05, 0) is 89.4 Å². The smallest absolute Gasteiger partial charge is 0.326 e. The molecular weight excluding hydrogens is 541 g/mol. The number of ether oxygens (including phenoxy) is 3. The van der Waals surface area contributed by atoms with E-state index >= 15 is 0 Å². The molecule has 0 unspecified atom stereocenters. The summed E-state index contributed by atoms with van der Waals surface area (Å²) in [5, 5.41) is -0.536. The van der Waals surface area contributed by atoms with Crippen LogP contribution >= 0.6 is 27.7 Å². The third-order valence-corrected chi connectivity index (χ3v) is 6.49. The Morgan fingerprint density at radius 2 is 1.89 bits per heavy atom. The van der Waals surface area contributed by atoms with E-state index in [2.05, 4.69) is 15.9 Å². The van der Waals surface area contributed by atoms with Crippen LogP contribution < -0.4 is 9.47 Å². The molecule has 1 aliphatic heterocycles. The van der Waals surface area contributed by atoms with Crippen LogP contribution in [0.1, 0.15) is 38.3 Å². The molecule has 1 heterocycles. The standard InChI is InChI=1S/C25H25BrFNO6S/c1-4-15(3)34-22(29)13-28-24(30)21(35-25(28)31)12-17-10-19(26)23(20(11-17)32-5-2)33-14-16-6-8-18(27)9-7-16/h6-12,15H,4-5,13-14H2,1-3H3/b21-12-/t15-/m0/s1. The van der Waals surface area contributed by atoms with Crippen molar-refractivity contribution >= 4 is 50.9 Å². The molecule has 0 saturated carbocycles. The summed E-state index contributed by atoms with van der Waals surface area (Å²) in [4.78, 5) is 38.2. The van der Waals surface area contributed by atoms with Crippen LogP contribution in [0.3, 0.4) is 0 Å². The van der Waals surface area contributed by atoms with Crippen LogP contribution in [0.2, 0.25) is 0 Å². The molecule has 1 fully saturated rings. The van der Waals surface area contributed by atoms with Gasteiger partial charge in [0, 0.05) is 0 Å². The predicted octanol–water partition coefficient (Wildman–Crippen LogP) is 5.94. The van der Waals surface area contributed by atoms with Crippen LogP contribution in [-0.4, -0.2) is 41.3 Å². The third-order valence-electron chi connectivity index (χ3n) is 4.99. The van der Waals surface area contributed by atoms with Gasteiger partial charge in [-0.1, -0.05) is 19.1 Å². The Hall–Kier alpha value is -2.85. The largest absolute Gasteiger partial charge is 0.490 e. The maximum atomic E-state index is 13.1. The number of carbonyl (C=O) groups is 3. The molecule has 0 spiro atoms. The van der Waals surface area contributed by atoms with Crippen LogP contribution in [0.15, 0.2) is 45.8 Å². The molecule has 0 radical (unpaired) electrons. The van der Waals surface area contributed by atoms with Gasteiger partial charge in [0.15, 0.2) is 11.5 Å². The zero-order valence-electron chi connectivity index (χ0n) is 19.5. The average molecular weight is 566 g/mol. The summed E-state index contributed by atoms with van der Waals surface area (Å²) >= 11 is 4.23. The zero-order valence-corrected chi connectivity index (χ0v) is 21.9. The predicted molar refractivity (Wildman–Crippen MR) is 135 cm³/mol. The molecule has 2 aromatic carbocycles. The van der Waals surface area contributed by atoms with E-state index in [-0.39, 0.29) is 23.4 Å². The zero-order chi connectivity index (χ0) is 25.5. The summed E-state index contributed by atoms with van der Waals surface area (Å²) in [7, 11) is 0. The number of halogens is 2. The monoisotopic (exact) mass is 565 g/mol. The summed E-state index contributed by atoms with van der Waals surface area (Å²) in [5.74, 6) is -0.634. The molecule has 186 valence electrons. The Morgan fingerprint density at radius 1 is 1.17 bits per heavy atom. The Bertz CT molecular complexity index is 1140. The molecule has 1 atom stereocenters. The minimum atomic E-state index is -0.632. The lowest BCUT2D eigenvalue weighted by molar-refractivity contribution is -0.150. The van der Waals surface area contributed by atoms with Gasteiger partial charge in [0.25, 0.3) is 11.1 Å². The van der Waals surface area contributed by atoms with Crippen molar-refractivity contribution in [2.24, 2.45) is 0 Å². The molecule has 7 nitrogen and oxygen atoms in total. The molecule has 0 aromatic heterocycles. The highest BCUT2D eigenvalue weighted by atomic mass is 79.9.